The first-order valence-corrected chi connectivity index (χ1v) is 12.0. The van der Waals surface area contributed by atoms with E-state index in [0.717, 1.165) is 16.4 Å². The van der Waals surface area contributed by atoms with E-state index >= 15 is 0 Å². The number of benzene rings is 2. The van der Waals surface area contributed by atoms with E-state index in [1.165, 1.54) is 36.8 Å². The molecule has 0 radical (unpaired) electrons. The van der Waals surface area contributed by atoms with Crippen LogP contribution in [-0.4, -0.2) is 34.3 Å². The van der Waals surface area contributed by atoms with Gasteiger partial charge in [-0.2, -0.15) is 31.4 Å². The summed E-state index contributed by atoms with van der Waals surface area (Å²) in [5.74, 6) is -0.853. The number of hydrogen-bond donors (Lipinski definition) is 1. The van der Waals surface area contributed by atoms with Crippen LogP contribution in [0.3, 0.4) is 0 Å². The summed E-state index contributed by atoms with van der Waals surface area (Å²) < 4.78 is 109. The number of nitrogens with one attached hydrogen (secondary N) is 1. The van der Waals surface area contributed by atoms with Crippen LogP contribution in [0.5, 0.6) is 0 Å². The molecule has 0 unspecified atom stereocenters. The van der Waals surface area contributed by atoms with E-state index in [1.54, 1.807) is 6.92 Å². The number of amides is 1. The van der Waals surface area contributed by atoms with E-state index in [9.17, 15) is 39.9 Å². The predicted molar refractivity (Wildman–Crippen MR) is 123 cm³/mol. The second kappa shape index (κ2) is 10.5. The van der Waals surface area contributed by atoms with Gasteiger partial charge < -0.3 is 5.32 Å². The Morgan fingerprint density at radius 1 is 1.05 bits per heavy atom. The Kier molecular flexibility index (Phi) is 8.18. The Morgan fingerprint density at radius 3 is 2.27 bits per heavy atom. The number of halogens is 9. The molecule has 0 saturated carbocycles. The average molecular weight is 572 g/mol. The molecule has 2 aromatic carbocycles. The Labute approximate surface area is 215 Å². The van der Waals surface area contributed by atoms with Gasteiger partial charge in [0, 0.05) is 40.7 Å². The molecule has 1 N–H and O–H groups in total. The van der Waals surface area contributed by atoms with Crippen LogP contribution in [0.2, 0.25) is 5.02 Å². The second-order valence-corrected chi connectivity index (χ2v) is 9.03. The van der Waals surface area contributed by atoms with Crippen molar-refractivity contribution in [2.75, 3.05) is 6.26 Å². The molecule has 1 aromatic heterocycles. The van der Waals surface area contributed by atoms with Gasteiger partial charge in [0.15, 0.2) is 0 Å². The van der Waals surface area contributed by atoms with Crippen molar-refractivity contribution in [3.63, 3.8) is 0 Å². The Hall–Kier alpha value is -2.80. The lowest BCUT2D eigenvalue weighted by Crippen LogP contribution is -2.50. The van der Waals surface area contributed by atoms with Crippen molar-refractivity contribution in [1.29, 1.82) is 0 Å². The summed E-state index contributed by atoms with van der Waals surface area (Å²) in [5.41, 5.74) is -6.38. The molecule has 0 fully saturated rings. The van der Waals surface area contributed by atoms with Crippen LogP contribution < -0.4 is 5.32 Å². The maximum Gasteiger partial charge on any atom is 0.435 e. The van der Waals surface area contributed by atoms with Crippen molar-refractivity contribution in [2.45, 2.75) is 42.8 Å². The highest BCUT2D eigenvalue weighted by Gasteiger charge is 2.73. The highest BCUT2D eigenvalue weighted by Crippen LogP contribution is 2.54. The summed E-state index contributed by atoms with van der Waals surface area (Å²) >= 11 is 6.82. The summed E-state index contributed by atoms with van der Waals surface area (Å²) in [7, 11) is 0. The second-order valence-electron chi connectivity index (χ2n) is 7.77. The van der Waals surface area contributed by atoms with Crippen LogP contribution in [0.15, 0.2) is 47.6 Å². The van der Waals surface area contributed by atoms with Crippen molar-refractivity contribution in [1.82, 2.24) is 15.1 Å². The fourth-order valence-corrected chi connectivity index (χ4v) is 4.45. The summed E-state index contributed by atoms with van der Waals surface area (Å²) in [5, 5.41) is 6.03. The number of rotatable bonds is 7. The first kappa shape index (κ1) is 28.8. The van der Waals surface area contributed by atoms with E-state index in [4.69, 9.17) is 11.6 Å². The van der Waals surface area contributed by atoms with Gasteiger partial charge in [0.1, 0.15) is 5.82 Å². The van der Waals surface area contributed by atoms with Gasteiger partial charge >= 0.3 is 18.0 Å². The minimum atomic E-state index is -6.29. The fraction of sp³-hybridized carbons (Fsp3) is 0.304. The Balaban J connectivity index is 2.05. The van der Waals surface area contributed by atoms with E-state index in [0.29, 0.717) is 17.2 Å². The molecule has 14 heteroatoms. The monoisotopic (exact) mass is 571 g/mol. The highest BCUT2D eigenvalue weighted by molar-refractivity contribution is 7.98. The molecule has 0 aliphatic carbocycles. The van der Waals surface area contributed by atoms with Gasteiger partial charge in [-0.3, -0.25) is 4.79 Å². The normalized spacial score (nSPS) is 12.6. The summed E-state index contributed by atoms with van der Waals surface area (Å²) in [6, 6.07) is 4.75. The number of carbonyl (C=O) groups excluding carboxylic acids is 1. The molecule has 200 valence electrons. The molecule has 3 aromatic rings. The van der Waals surface area contributed by atoms with E-state index in [-0.39, 0.29) is 41.1 Å². The minimum Gasteiger partial charge on any atom is -0.352 e. The molecule has 0 aliphatic rings. The molecule has 1 amide bonds. The van der Waals surface area contributed by atoms with Crippen molar-refractivity contribution in [3.05, 3.63) is 64.7 Å². The minimum absolute atomic E-state index is 0.0755. The largest absolute Gasteiger partial charge is 0.435 e. The molecule has 0 spiro atoms. The van der Waals surface area contributed by atoms with Crippen LogP contribution in [0.1, 0.15) is 24.5 Å². The lowest BCUT2D eigenvalue weighted by atomic mass is 9.94. The molecule has 37 heavy (non-hydrogen) atoms. The third-order valence-corrected chi connectivity index (χ3v) is 6.45. The standard InChI is InChI=1S/C23H18ClF8N3OS/c1-3-19(36)33-9-13-6-12(4-5-17(13)25)14-10-34-35(11-14)20-16(24)7-15(8-18(20)37-2)21(26,22(27,28)29)23(30,31)32/h4-8,10-11H,3,9H2,1-2H3,(H,33,36). The van der Waals surface area contributed by atoms with Crippen molar-refractivity contribution < 1.29 is 39.9 Å². The SMILES string of the molecule is CCC(=O)NCc1cc(-c2cnn(-c3c(Cl)cc(C(F)(C(F)(F)F)C(F)(F)F)cc3SC)c2)ccc1F. The van der Waals surface area contributed by atoms with Crippen LogP contribution >= 0.6 is 23.4 Å². The van der Waals surface area contributed by atoms with Gasteiger partial charge in [-0.25, -0.2) is 13.5 Å². The maximum atomic E-state index is 14.6. The number of carbonyl (C=O) groups is 1. The predicted octanol–water partition coefficient (Wildman–Crippen LogP) is 7.37. The van der Waals surface area contributed by atoms with E-state index < -0.39 is 34.4 Å². The smallest absolute Gasteiger partial charge is 0.352 e. The third kappa shape index (κ3) is 5.57. The molecule has 4 nitrogen and oxygen atoms in total. The highest BCUT2D eigenvalue weighted by atomic mass is 35.5. The molecular weight excluding hydrogens is 554 g/mol. The third-order valence-electron chi connectivity index (χ3n) is 5.42. The first-order valence-electron chi connectivity index (χ1n) is 10.4. The Bertz CT molecular complexity index is 1290. The molecule has 0 bridgehead atoms. The topological polar surface area (TPSA) is 46.9 Å². The molecular formula is C23H18ClF8N3OS. The lowest BCUT2D eigenvalue weighted by Gasteiger charge is -2.31. The zero-order chi connectivity index (χ0) is 27.8. The van der Waals surface area contributed by atoms with Gasteiger partial charge in [-0.15, -0.1) is 11.8 Å². The van der Waals surface area contributed by atoms with Crippen LogP contribution in [0, 0.1) is 5.82 Å². The first-order chi connectivity index (χ1) is 17.1. The van der Waals surface area contributed by atoms with Crippen LogP contribution in [0.4, 0.5) is 35.1 Å². The number of alkyl halides is 7. The van der Waals surface area contributed by atoms with Gasteiger partial charge in [-0.1, -0.05) is 24.6 Å². The lowest BCUT2D eigenvalue weighted by molar-refractivity contribution is -0.348. The van der Waals surface area contributed by atoms with Crippen LogP contribution in [-0.2, 0) is 17.0 Å². The van der Waals surface area contributed by atoms with E-state index in [1.807, 2.05) is 0 Å². The quantitative estimate of drug-likeness (QED) is 0.238. The van der Waals surface area contributed by atoms with Crippen molar-refractivity contribution >= 4 is 29.3 Å². The molecule has 0 aliphatic heterocycles. The fourth-order valence-electron chi connectivity index (χ4n) is 3.44. The average Bonchev–Trinajstić information content (AvgIpc) is 3.30. The summed E-state index contributed by atoms with van der Waals surface area (Å²) in [6.45, 7) is 1.56. The van der Waals surface area contributed by atoms with E-state index in [2.05, 4.69) is 10.4 Å². The number of hydrogen-bond acceptors (Lipinski definition) is 3. The maximum absolute atomic E-state index is 14.6. The van der Waals surface area contributed by atoms with Gasteiger partial charge in [0.2, 0.25) is 5.91 Å². The summed E-state index contributed by atoms with van der Waals surface area (Å²) in [4.78, 5) is 11.3. The molecule has 0 atom stereocenters. The Morgan fingerprint density at radius 2 is 1.70 bits per heavy atom. The van der Waals surface area contributed by atoms with Gasteiger partial charge in [-0.05, 0) is 36.1 Å². The summed E-state index contributed by atoms with van der Waals surface area (Å²) in [6.07, 6.45) is -8.31. The van der Waals surface area contributed by atoms with Gasteiger partial charge in [0.05, 0.1) is 16.9 Å². The number of aromatic nitrogens is 2. The molecule has 1 heterocycles. The van der Waals surface area contributed by atoms with Gasteiger partial charge in [0.25, 0.3) is 0 Å². The van der Waals surface area contributed by atoms with Crippen molar-refractivity contribution in [2.24, 2.45) is 0 Å². The zero-order valence-electron chi connectivity index (χ0n) is 19.1. The van der Waals surface area contributed by atoms with Crippen molar-refractivity contribution in [3.8, 4) is 16.8 Å². The molecule has 0 saturated heterocycles. The molecule has 3 rings (SSSR count). The number of nitrogens with zero attached hydrogens (tertiary/aromatic N) is 2. The number of thioether (sulfide) groups is 1. The van der Waals surface area contributed by atoms with Crippen LogP contribution in [0.25, 0.3) is 16.8 Å². The zero-order valence-corrected chi connectivity index (χ0v) is 20.6.